The van der Waals surface area contributed by atoms with E-state index in [0.29, 0.717) is 18.3 Å². The first-order valence-corrected chi connectivity index (χ1v) is 5.04. The van der Waals surface area contributed by atoms with E-state index in [1.165, 1.54) is 12.8 Å². The molecule has 2 aliphatic rings. The molecule has 0 radical (unpaired) electrons. The van der Waals surface area contributed by atoms with Gasteiger partial charge >= 0.3 is 0 Å². The average molecular weight is 170 g/mol. The second-order valence-electron chi connectivity index (χ2n) is 4.32. The van der Waals surface area contributed by atoms with Crippen molar-refractivity contribution in [2.75, 3.05) is 6.61 Å². The molecule has 2 heteroatoms. The molecule has 0 saturated carbocycles. The van der Waals surface area contributed by atoms with E-state index in [1.54, 1.807) is 0 Å². The van der Waals surface area contributed by atoms with Crippen molar-refractivity contribution in [2.45, 2.75) is 51.4 Å². The second-order valence-corrected chi connectivity index (χ2v) is 4.32. The SMILES string of the molecule is CC(C)C[C@@H]1O[C@@H]2CCCO[C@@H]12. The average Bonchev–Trinajstić information content (AvgIpc) is 2.00. The fourth-order valence-electron chi connectivity index (χ4n) is 2.13. The minimum Gasteiger partial charge on any atom is -0.373 e. The van der Waals surface area contributed by atoms with E-state index in [9.17, 15) is 0 Å². The molecular weight excluding hydrogens is 152 g/mol. The quantitative estimate of drug-likeness (QED) is 0.631. The van der Waals surface area contributed by atoms with Crippen LogP contribution in [0.15, 0.2) is 0 Å². The van der Waals surface area contributed by atoms with E-state index in [4.69, 9.17) is 9.47 Å². The van der Waals surface area contributed by atoms with Crippen LogP contribution >= 0.6 is 0 Å². The molecule has 70 valence electrons. The van der Waals surface area contributed by atoms with Gasteiger partial charge in [0, 0.05) is 6.61 Å². The van der Waals surface area contributed by atoms with Crippen molar-refractivity contribution in [1.82, 2.24) is 0 Å². The van der Waals surface area contributed by atoms with Gasteiger partial charge in [0.15, 0.2) is 0 Å². The van der Waals surface area contributed by atoms with Crippen molar-refractivity contribution in [3.8, 4) is 0 Å². The van der Waals surface area contributed by atoms with Crippen LogP contribution < -0.4 is 0 Å². The lowest BCUT2D eigenvalue weighted by Gasteiger charge is -2.47. The van der Waals surface area contributed by atoms with E-state index in [1.807, 2.05) is 0 Å². The molecule has 2 aliphatic heterocycles. The molecule has 12 heavy (non-hydrogen) atoms. The van der Waals surface area contributed by atoms with Crippen LogP contribution in [0.1, 0.15) is 33.1 Å². The molecule has 0 aromatic rings. The molecule has 0 aliphatic carbocycles. The van der Waals surface area contributed by atoms with Gasteiger partial charge in [-0.25, -0.2) is 0 Å². The summed E-state index contributed by atoms with van der Waals surface area (Å²) >= 11 is 0. The number of fused-ring (bicyclic) bond motifs is 1. The molecule has 2 heterocycles. The summed E-state index contributed by atoms with van der Waals surface area (Å²) in [6.45, 7) is 5.41. The Kier molecular flexibility index (Phi) is 2.37. The lowest BCUT2D eigenvalue weighted by Crippen LogP contribution is -2.57. The van der Waals surface area contributed by atoms with E-state index in [2.05, 4.69) is 13.8 Å². The molecule has 0 unspecified atom stereocenters. The third-order valence-electron chi connectivity index (χ3n) is 2.73. The Morgan fingerprint density at radius 3 is 2.92 bits per heavy atom. The molecule has 0 aromatic heterocycles. The van der Waals surface area contributed by atoms with Gasteiger partial charge in [0.05, 0.1) is 12.2 Å². The van der Waals surface area contributed by atoms with Crippen molar-refractivity contribution in [1.29, 1.82) is 0 Å². The summed E-state index contributed by atoms with van der Waals surface area (Å²) in [6, 6.07) is 0. The maximum Gasteiger partial charge on any atom is 0.110 e. The minimum absolute atomic E-state index is 0.398. The highest BCUT2D eigenvalue weighted by atomic mass is 16.6. The second kappa shape index (κ2) is 3.35. The lowest BCUT2D eigenvalue weighted by atomic mass is 9.89. The van der Waals surface area contributed by atoms with E-state index < -0.39 is 0 Å². The van der Waals surface area contributed by atoms with Crippen molar-refractivity contribution in [3.05, 3.63) is 0 Å². The Bertz CT molecular complexity index is 156. The molecule has 0 spiro atoms. The lowest BCUT2D eigenvalue weighted by molar-refractivity contribution is -0.264. The van der Waals surface area contributed by atoms with Crippen molar-refractivity contribution >= 4 is 0 Å². The molecule has 0 amide bonds. The highest BCUT2D eigenvalue weighted by molar-refractivity contribution is 4.92. The Labute approximate surface area is 74.2 Å². The molecule has 0 bridgehead atoms. The summed E-state index contributed by atoms with van der Waals surface area (Å²) in [7, 11) is 0. The minimum atomic E-state index is 0.398. The predicted molar refractivity (Wildman–Crippen MR) is 47.1 cm³/mol. The van der Waals surface area contributed by atoms with Gasteiger partial charge in [0.25, 0.3) is 0 Å². The Morgan fingerprint density at radius 1 is 1.42 bits per heavy atom. The fraction of sp³-hybridized carbons (Fsp3) is 1.00. The summed E-state index contributed by atoms with van der Waals surface area (Å²) < 4.78 is 11.4. The van der Waals surface area contributed by atoms with Gasteiger partial charge in [-0.15, -0.1) is 0 Å². The third kappa shape index (κ3) is 1.50. The van der Waals surface area contributed by atoms with Crippen molar-refractivity contribution in [2.24, 2.45) is 5.92 Å². The molecule has 3 atom stereocenters. The van der Waals surface area contributed by atoms with Gasteiger partial charge < -0.3 is 9.47 Å². The van der Waals surface area contributed by atoms with Crippen LogP contribution in [0.2, 0.25) is 0 Å². The van der Waals surface area contributed by atoms with Crippen molar-refractivity contribution in [3.63, 3.8) is 0 Å². The van der Waals surface area contributed by atoms with E-state index in [-0.39, 0.29) is 0 Å². The smallest absolute Gasteiger partial charge is 0.110 e. The summed E-state index contributed by atoms with van der Waals surface area (Å²) in [4.78, 5) is 0. The topological polar surface area (TPSA) is 18.5 Å². The Balaban J connectivity index is 1.81. The molecule has 2 rings (SSSR count). The number of rotatable bonds is 2. The van der Waals surface area contributed by atoms with Crippen LogP contribution in [0, 0.1) is 5.92 Å². The Hall–Kier alpha value is -0.0800. The van der Waals surface area contributed by atoms with Gasteiger partial charge in [-0.3, -0.25) is 0 Å². The van der Waals surface area contributed by atoms with Gasteiger partial charge in [-0.2, -0.15) is 0 Å². The summed E-state index contributed by atoms with van der Waals surface area (Å²) in [5, 5.41) is 0. The van der Waals surface area contributed by atoms with Crippen LogP contribution in [0.3, 0.4) is 0 Å². The summed E-state index contributed by atoms with van der Waals surface area (Å²) in [5.41, 5.74) is 0. The maximum atomic E-state index is 5.73. The Morgan fingerprint density at radius 2 is 2.25 bits per heavy atom. The number of ether oxygens (including phenoxy) is 2. The zero-order chi connectivity index (χ0) is 8.55. The molecule has 2 fully saturated rings. The molecule has 0 N–H and O–H groups in total. The summed E-state index contributed by atoms with van der Waals surface area (Å²) in [5.74, 6) is 0.724. The number of hydrogen-bond donors (Lipinski definition) is 0. The predicted octanol–water partition coefficient (Wildman–Crippen LogP) is 1.98. The highest BCUT2D eigenvalue weighted by Gasteiger charge is 2.44. The van der Waals surface area contributed by atoms with E-state index >= 15 is 0 Å². The van der Waals surface area contributed by atoms with E-state index in [0.717, 1.165) is 18.9 Å². The first-order valence-electron chi connectivity index (χ1n) is 5.04. The standard InChI is InChI=1S/C10H18O2/c1-7(2)6-9-10-8(12-9)4-3-5-11-10/h7-10H,3-6H2,1-2H3/t8-,9+,10-/m1/s1. The first kappa shape index (κ1) is 8.52. The number of hydrogen-bond acceptors (Lipinski definition) is 2. The van der Waals surface area contributed by atoms with Gasteiger partial charge in [-0.05, 0) is 25.2 Å². The van der Waals surface area contributed by atoms with Crippen LogP contribution in [0.25, 0.3) is 0 Å². The van der Waals surface area contributed by atoms with Crippen molar-refractivity contribution < 1.29 is 9.47 Å². The molecule has 2 nitrogen and oxygen atoms in total. The third-order valence-corrected chi connectivity index (χ3v) is 2.73. The van der Waals surface area contributed by atoms with Crippen LogP contribution in [-0.2, 0) is 9.47 Å². The first-order chi connectivity index (χ1) is 5.77. The molecule has 2 saturated heterocycles. The fourth-order valence-corrected chi connectivity index (χ4v) is 2.13. The summed E-state index contributed by atoms with van der Waals surface area (Å²) in [6.07, 6.45) is 4.80. The van der Waals surface area contributed by atoms with Crippen LogP contribution in [0.5, 0.6) is 0 Å². The maximum absolute atomic E-state index is 5.73. The van der Waals surface area contributed by atoms with Gasteiger partial charge in [-0.1, -0.05) is 13.8 Å². The monoisotopic (exact) mass is 170 g/mol. The molecule has 0 aromatic carbocycles. The normalized spacial score (nSPS) is 40.8. The zero-order valence-corrected chi connectivity index (χ0v) is 7.95. The van der Waals surface area contributed by atoms with Crippen LogP contribution in [0.4, 0.5) is 0 Å². The zero-order valence-electron chi connectivity index (χ0n) is 7.95. The van der Waals surface area contributed by atoms with Crippen LogP contribution in [-0.4, -0.2) is 24.9 Å². The van der Waals surface area contributed by atoms with Gasteiger partial charge in [0.2, 0.25) is 0 Å². The molecular formula is C10H18O2. The highest BCUT2D eigenvalue weighted by Crippen LogP contribution is 2.34. The largest absolute Gasteiger partial charge is 0.373 e. The van der Waals surface area contributed by atoms with Gasteiger partial charge in [0.1, 0.15) is 6.10 Å².